The smallest absolute Gasteiger partial charge is 0.324 e. The van der Waals surface area contributed by atoms with Crippen LogP contribution in [0.4, 0.5) is 4.79 Å². The Morgan fingerprint density at radius 3 is 2.00 bits per heavy atom. The lowest BCUT2D eigenvalue weighted by Gasteiger charge is -2.37. The van der Waals surface area contributed by atoms with Gasteiger partial charge in [0, 0.05) is 24.6 Å². The second-order valence-corrected chi connectivity index (χ2v) is 8.64. The number of aliphatic hydroxyl groups is 4. The molecule has 0 radical (unpaired) electrons. The molecule has 10 nitrogen and oxygen atoms in total. The molecule has 4 amide bonds. The second-order valence-electron chi connectivity index (χ2n) is 7.83. The number of carbonyl (C=O) groups is 3. The summed E-state index contributed by atoms with van der Waals surface area (Å²) in [5.74, 6) is -7.91. The maximum Gasteiger partial charge on any atom is 0.324 e. The van der Waals surface area contributed by atoms with Crippen molar-refractivity contribution in [3.05, 3.63) is 33.3 Å². The third-order valence-electron chi connectivity index (χ3n) is 6.15. The molecule has 2 heterocycles. The molecule has 0 unspecified atom stereocenters. The molecule has 5 N–H and O–H groups in total. The normalized spacial score (nSPS) is 26.8. The zero-order chi connectivity index (χ0) is 22.2. The Morgan fingerprint density at radius 1 is 1.10 bits per heavy atom. The van der Waals surface area contributed by atoms with Crippen LogP contribution in [-0.4, -0.2) is 60.7 Å². The Labute approximate surface area is 180 Å². The Bertz CT molecular complexity index is 938. The van der Waals surface area contributed by atoms with E-state index in [0.717, 1.165) is 12.1 Å². The maximum absolute atomic E-state index is 12.9. The van der Waals surface area contributed by atoms with Gasteiger partial charge in [-0.2, -0.15) is 0 Å². The average molecular weight is 460 g/mol. The molecule has 12 heteroatoms. The van der Waals surface area contributed by atoms with Gasteiger partial charge in [0.05, 0.1) is 10.0 Å². The van der Waals surface area contributed by atoms with Crippen LogP contribution in [-0.2, 0) is 21.4 Å². The summed E-state index contributed by atoms with van der Waals surface area (Å²) < 4.78 is 0. The number of halogens is 2. The molecule has 30 heavy (non-hydrogen) atoms. The number of fused-ring (bicyclic) bond motifs is 1. The molecule has 0 aromatic heterocycles. The SMILES string of the molecule is CN1C(=O)NC(=O)[C@]1(CCC(=O)N1C(O)(O)c2cc(Cl)c(Cl)cc2C1(O)O)C1CC1. The minimum atomic E-state index is -3.09. The fourth-order valence-electron chi connectivity index (χ4n) is 4.45. The molecule has 1 saturated heterocycles. The highest BCUT2D eigenvalue weighted by molar-refractivity contribution is 6.42. The molecule has 1 aromatic carbocycles. The van der Waals surface area contributed by atoms with Gasteiger partial charge in [0.2, 0.25) is 5.91 Å². The van der Waals surface area contributed by atoms with Gasteiger partial charge in [0.25, 0.3) is 17.7 Å². The second kappa shape index (κ2) is 6.52. The number of nitrogens with one attached hydrogen (secondary N) is 1. The number of hydrogen-bond acceptors (Lipinski definition) is 7. The topological polar surface area (TPSA) is 151 Å². The summed E-state index contributed by atoms with van der Waals surface area (Å²) in [5.41, 5.74) is -2.09. The lowest BCUT2D eigenvalue weighted by atomic mass is 9.86. The van der Waals surface area contributed by atoms with E-state index in [0.29, 0.717) is 12.8 Å². The van der Waals surface area contributed by atoms with Crippen molar-refractivity contribution in [2.45, 2.75) is 43.0 Å². The third-order valence-corrected chi connectivity index (χ3v) is 6.87. The van der Waals surface area contributed by atoms with Crippen LogP contribution < -0.4 is 5.32 Å². The van der Waals surface area contributed by atoms with Crippen molar-refractivity contribution in [1.29, 1.82) is 0 Å². The molecule has 0 spiro atoms. The number of nitrogens with zero attached hydrogens (tertiary/aromatic N) is 2. The molecule has 1 aliphatic carbocycles. The quantitative estimate of drug-likeness (QED) is 0.317. The molecule has 162 valence electrons. The Hall–Kier alpha value is -1.95. The molecule has 0 bridgehead atoms. The minimum Gasteiger partial charge on any atom is -0.345 e. The van der Waals surface area contributed by atoms with Gasteiger partial charge in [-0.15, -0.1) is 0 Å². The van der Waals surface area contributed by atoms with Gasteiger partial charge in [-0.1, -0.05) is 23.2 Å². The van der Waals surface area contributed by atoms with Crippen molar-refractivity contribution in [3.63, 3.8) is 0 Å². The van der Waals surface area contributed by atoms with Crippen LogP contribution in [0.2, 0.25) is 10.0 Å². The van der Waals surface area contributed by atoms with Crippen LogP contribution in [0.25, 0.3) is 0 Å². The zero-order valence-electron chi connectivity index (χ0n) is 15.7. The summed E-state index contributed by atoms with van der Waals surface area (Å²) in [6.45, 7) is 0. The van der Waals surface area contributed by atoms with E-state index in [1.165, 1.54) is 11.9 Å². The van der Waals surface area contributed by atoms with Gasteiger partial charge in [-0.05, 0) is 37.3 Å². The van der Waals surface area contributed by atoms with Crippen LogP contribution in [0.1, 0.15) is 36.8 Å². The molecular weight excluding hydrogens is 441 g/mol. The van der Waals surface area contributed by atoms with Gasteiger partial charge in [0.15, 0.2) is 0 Å². The number of urea groups is 1. The van der Waals surface area contributed by atoms with Gasteiger partial charge in [0.1, 0.15) is 5.54 Å². The van der Waals surface area contributed by atoms with Gasteiger partial charge < -0.3 is 25.3 Å². The molecule has 1 saturated carbocycles. The van der Waals surface area contributed by atoms with Crippen LogP contribution in [0.15, 0.2) is 12.1 Å². The molecule has 1 aromatic rings. The molecule has 2 aliphatic heterocycles. The predicted molar refractivity (Wildman–Crippen MR) is 102 cm³/mol. The summed E-state index contributed by atoms with van der Waals surface area (Å²) in [5, 5.41) is 44.3. The molecule has 1 atom stereocenters. The lowest BCUT2D eigenvalue weighted by molar-refractivity contribution is -0.363. The van der Waals surface area contributed by atoms with E-state index in [-0.39, 0.29) is 27.3 Å². The lowest BCUT2D eigenvalue weighted by Crippen LogP contribution is -2.56. The Morgan fingerprint density at radius 2 is 1.60 bits per heavy atom. The van der Waals surface area contributed by atoms with Crippen molar-refractivity contribution in [3.8, 4) is 0 Å². The van der Waals surface area contributed by atoms with E-state index >= 15 is 0 Å². The monoisotopic (exact) mass is 459 g/mol. The first-order chi connectivity index (χ1) is 13.8. The molecule has 4 rings (SSSR count). The van der Waals surface area contributed by atoms with Crippen molar-refractivity contribution < 1.29 is 34.8 Å². The summed E-state index contributed by atoms with van der Waals surface area (Å²) in [6.07, 6.45) is 0.784. The fourth-order valence-corrected chi connectivity index (χ4v) is 4.77. The van der Waals surface area contributed by atoms with E-state index in [1.54, 1.807) is 0 Å². The Balaban J connectivity index is 1.64. The van der Waals surface area contributed by atoms with E-state index in [2.05, 4.69) is 5.32 Å². The first-order valence-electron chi connectivity index (χ1n) is 9.17. The van der Waals surface area contributed by atoms with E-state index in [4.69, 9.17) is 23.2 Å². The highest BCUT2D eigenvalue weighted by atomic mass is 35.5. The van der Waals surface area contributed by atoms with Crippen molar-refractivity contribution in [2.24, 2.45) is 5.92 Å². The van der Waals surface area contributed by atoms with Crippen LogP contribution >= 0.6 is 23.2 Å². The zero-order valence-corrected chi connectivity index (χ0v) is 17.2. The summed E-state index contributed by atoms with van der Waals surface area (Å²) in [6, 6.07) is 1.46. The van der Waals surface area contributed by atoms with E-state index in [1.807, 2.05) is 0 Å². The number of imide groups is 1. The number of rotatable bonds is 4. The summed E-state index contributed by atoms with van der Waals surface area (Å²) in [4.78, 5) is 38.8. The number of amides is 4. The van der Waals surface area contributed by atoms with Crippen LogP contribution in [0.5, 0.6) is 0 Å². The number of carbonyl (C=O) groups excluding carboxylic acids is 3. The number of benzene rings is 1. The first kappa shape index (κ1) is 21.3. The number of hydrogen-bond donors (Lipinski definition) is 5. The largest absolute Gasteiger partial charge is 0.345 e. The highest BCUT2D eigenvalue weighted by Crippen LogP contribution is 2.50. The van der Waals surface area contributed by atoms with Crippen molar-refractivity contribution in [1.82, 2.24) is 15.1 Å². The van der Waals surface area contributed by atoms with E-state index < -0.39 is 52.8 Å². The standard InChI is InChI=1S/C18H19Cl2N3O7/c1-22-15(26)21-14(25)16(22,8-2-3-8)5-4-13(24)23-17(27,28)9-6-11(19)12(20)7-10(9)18(23,29)30/h6-8,27-30H,2-5H2,1H3,(H,21,25,26)/t16-/m0/s1. The third kappa shape index (κ3) is 2.75. The fraction of sp³-hybridized carbons (Fsp3) is 0.500. The average Bonchev–Trinajstić information content (AvgIpc) is 3.43. The molecule has 3 aliphatic rings. The predicted octanol–water partition coefficient (Wildman–Crippen LogP) is 0.136. The number of likely N-dealkylation sites (N-methyl/N-ethyl adjacent to an activating group) is 1. The van der Waals surface area contributed by atoms with E-state index in [9.17, 15) is 34.8 Å². The molecular formula is C18H19Cl2N3O7. The van der Waals surface area contributed by atoms with Gasteiger partial charge in [-0.3, -0.25) is 14.9 Å². The van der Waals surface area contributed by atoms with Crippen LogP contribution in [0, 0.1) is 5.92 Å². The highest BCUT2D eigenvalue weighted by Gasteiger charge is 2.62. The summed E-state index contributed by atoms with van der Waals surface area (Å²) in [7, 11) is 1.45. The maximum atomic E-state index is 12.9. The van der Waals surface area contributed by atoms with Gasteiger partial charge >= 0.3 is 6.03 Å². The Kier molecular flexibility index (Phi) is 4.63. The summed E-state index contributed by atoms with van der Waals surface area (Å²) >= 11 is 11.8. The van der Waals surface area contributed by atoms with Crippen molar-refractivity contribution in [2.75, 3.05) is 7.05 Å². The minimum absolute atomic E-state index is 0.0801. The molecule has 2 fully saturated rings. The van der Waals surface area contributed by atoms with Crippen molar-refractivity contribution >= 4 is 41.0 Å². The first-order valence-corrected chi connectivity index (χ1v) is 9.92. The van der Waals surface area contributed by atoms with Crippen LogP contribution in [0.3, 0.4) is 0 Å². The van der Waals surface area contributed by atoms with Gasteiger partial charge in [-0.25, -0.2) is 9.69 Å².